The number of nitrogens with zero attached hydrogens (tertiary/aromatic N) is 3. The largest absolute Gasteiger partial charge is 0.394 e. The average Bonchev–Trinajstić information content (AvgIpc) is 2.81. The van der Waals surface area contributed by atoms with Gasteiger partial charge < -0.3 is 15.3 Å². The van der Waals surface area contributed by atoms with Crippen LogP contribution >= 0.6 is 11.6 Å². The molecule has 3 amide bonds. The van der Waals surface area contributed by atoms with Crippen molar-refractivity contribution in [1.82, 2.24) is 9.88 Å². The van der Waals surface area contributed by atoms with E-state index in [4.69, 9.17) is 11.6 Å². The molecular formula is C24H21ClN4O3. The molecular weight excluding hydrogens is 428 g/mol. The van der Waals surface area contributed by atoms with E-state index in [1.54, 1.807) is 58.5 Å². The van der Waals surface area contributed by atoms with E-state index in [9.17, 15) is 14.7 Å². The fourth-order valence-electron chi connectivity index (χ4n) is 4.70. The highest BCUT2D eigenvalue weighted by molar-refractivity contribution is 6.30. The Bertz CT molecular complexity index is 1160. The summed E-state index contributed by atoms with van der Waals surface area (Å²) in [7, 11) is 0. The molecule has 1 fully saturated rings. The Balaban J connectivity index is 1.46. The van der Waals surface area contributed by atoms with Crippen LogP contribution in [0.1, 0.15) is 22.0 Å². The van der Waals surface area contributed by atoms with E-state index >= 15 is 0 Å². The van der Waals surface area contributed by atoms with Gasteiger partial charge in [-0.3, -0.25) is 14.7 Å². The lowest BCUT2D eigenvalue weighted by atomic mass is 9.72. The van der Waals surface area contributed by atoms with Gasteiger partial charge in [0.05, 0.1) is 18.7 Å². The van der Waals surface area contributed by atoms with Gasteiger partial charge in [-0.1, -0.05) is 35.9 Å². The van der Waals surface area contributed by atoms with Crippen LogP contribution in [-0.2, 0) is 0 Å². The first-order chi connectivity index (χ1) is 15.6. The summed E-state index contributed by atoms with van der Waals surface area (Å²) >= 11 is 5.94. The Morgan fingerprint density at radius 2 is 1.81 bits per heavy atom. The molecule has 0 spiro atoms. The molecule has 7 nitrogen and oxygen atoms in total. The van der Waals surface area contributed by atoms with E-state index in [0.717, 1.165) is 11.3 Å². The zero-order valence-electron chi connectivity index (χ0n) is 17.1. The molecule has 1 aromatic heterocycles. The van der Waals surface area contributed by atoms with Crippen molar-refractivity contribution in [2.45, 2.75) is 18.0 Å². The van der Waals surface area contributed by atoms with Crippen LogP contribution in [0, 0.1) is 0 Å². The Kier molecular flexibility index (Phi) is 5.28. The summed E-state index contributed by atoms with van der Waals surface area (Å²) < 4.78 is 0. The third kappa shape index (κ3) is 3.39. The fourth-order valence-corrected chi connectivity index (χ4v) is 4.83. The van der Waals surface area contributed by atoms with Crippen LogP contribution in [0.3, 0.4) is 0 Å². The van der Waals surface area contributed by atoms with Crippen LogP contribution in [0.2, 0.25) is 5.02 Å². The number of nitrogens with one attached hydrogen (secondary N) is 1. The Hall–Kier alpha value is -3.42. The Labute approximate surface area is 190 Å². The smallest absolute Gasteiger partial charge is 0.326 e. The summed E-state index contributed by atoms with van der Waals surface area (Å²) in [6, 6.07) is 18.8. The lowest BCUT2D eigenvalue weighted by Crippen LogP contribution is -2.71. The number of rotatable bonds is 3. The molecule has 3 aromatic rings. The van der Waals surface area contributed by atoms with Gasteiger partial charge in [0.2, 0.25) is 0 Å². The number of carbonyl (C=O) groups is 2. The molecule has 0 saturated carbocycles. The van der Waals surface area contributed by atoms with Crippen LogP contribution in [-0.4, -0.2) is 52.2 Å². The molecule has 162 valence electrons. The average molecular weight is 449 g/mol. The number of carbonyl (C=O) groups excluding carboxylic acids is 2. The van der Waals surface area contributed by atoms with Crippen molar-refractivity contribution in [3.63, 3.8) is 0 Å². The van der Waals surface area contributed by atoms with Gasteiger partial charge in [-0.2, -0.15) is 0 Å². The minimum atomic E-state index is -0.364. The van der Waals surface area contributed by atoms with Crippen molar-refractivity contribution in [3.8, 4) is 0 Å². The maximum absolute atomic E-state index is 13.2. The fraction of sp³-hybridized carbons (Fsp3) is 0.208. The number of para-hydroxylation sites is 1. The Morgan fingerprint density at radius 3 is 2.53 bits per heavy atom. The number of aliphatic hydroxyl groups is 1. The number of hydrogen-bond donors (Lipinski definition) is 2. The summed E-state index contributed by atoms with van der Waals surface area (Å²) in [5, 5.41) is 13.6. The number of pyridine rings is 1. The molecule has 2 aromatic carbocycles. The van der Waals surface area contributed by atoms with Crippen LogP contribution < -0.4 is 10.2 Å². The number of aliphatic hydroxyl groups excluding tert-OH is 1. The minimum Gasteiger partial charge on any atom is -0.394 e. The van der Waals surface area contributed by atoms with Gasteiger partial charge in [-0.25, -0.2) is 4.79 Å². The third-order valence-corrected chi connectivity index (χ3v) is 6.40. The lowest BCUT2D eigenvalue weighted by Gasteiger charge is -2.58. The molecule has 32 heavy (non-hydrogen) atoms. The van der Waals surface area contributed by atoms with Gasteiger partial charge >= 0.3 is 6.03 Å². The van der Waals surface area contributed by atoms with Gasteiger partial charge in [0.15, 0.2) is 0 Å². The van der Waals surface area contributed by atoms with E-state index in [2.05, 4.69) is 10.3 Å². The normalized spacial score (nSPS) is 21.2. The van der Waals surface area contributed by atoms with Crippen molar-refractivity contribution in [2.75, 3.05) is 23.4 Å². The molecule has 1 saturated heterocycles. The molecule has 3 atom stereocenters. The van der Waals surface area contributed by atoms with E-state index in [0.29, 0.717) is 22.9 Å². The molecule has 0 unspecified atom stereocenters. The van der Waals surface area contributed by atoms with Crippen molar-refractivity contribution in [3.05, 3.63) is 89.2 Å². The summed E-state index contributed by atoms with van der Waals surface area (Å²) in [5.41, 5.74) is 2.67. The van der Waals surface area contributed by atoms with Crippen molar-refractivity contribution in [1.29, 1.82) is 0 Å². The number of fused-ring (bicyclic) bond motifs is 3. The summed E-state index contributed by atoms with van der Waals surface area (Å²) in [4.78, 5) is 33.9. The second-order valence-electron chi connectivity index (χ2n) is 7.88. The monoisotopic (exact) mass is 448 g/mol. The topological polar surface area (TPSA) is 85.8 Å². The lowest BCUT2D eigenvalue weighted by molar-refractivity contribution is -0.0245. The number of urea groups is 1. The number of benzene rings is 2. The van der Waals surface area contributed by atoms with Gasteiger partial charge in [-0.05, 0) is 48.0 Å². The highest BCUT2D eigenvalue weighted by atomic mass is 35.5. The van der Waals surface area contributed by atoms with Gasteiger partial charge in [0, 0.05) is 35.1 Å². The predicted octanol–water partition coefficient (Wildman–Crippen LogP) is 3.76. The van der Waals surface area contributed by atoms with E-state index in [1.807, 2.05) is 24.3 Å². The molecule has 2 aliphatic rings. The molecule has 2 N–H and O–H groups in total. The van der Waals surface area contributed by atoms with Crippen molar-refractivity contribution in [2.24, 2.45) is 0 Å². The first-order valence-electron chi connectivity index (χ1n) is 10.4. The maximum atomic E-state index is 13.2. The van der Waals surface area contributed by atoms with E-state index in [1.165, 1.54) is 0 Å². The summed E-state index contributed by atoms with van der Waals surface area (Å²) in [5.74, 6) is -0.299. The van der Waals surface area contributed by atoms with E-state index in [-0.39, 0.29) is 36.5 Å². The number of aromatic nitrogens is 1. The number of amides is 3. The zero-order chi connectivity index (χ0) is 22.2. The van der Waals surface area contributed by atoms with Crippen LogP contribution in [0.15, 0.2) is 72.9 Å². The van der Waals surface area contributed by atoms with Crippen LogP contribution in [0.5, 0.6) is 0 Å². The third-order valence-electron chi connectivity index (χ3n) is 6.15. The minimum absolute atomic E-state index is 0.0524. The van der Waals surface area contributed by atoms with Gasteiger partial charge in [-0.15, -0.1) is 0 Å². The van der Waals surface area contributed by atoms with Crippen molar-refractivity contribution < 1.29 is 14.7 Å². The molecule has 0 aliphatic carbocycles. The number of hydrogen-bond acceptors (Lipinski definition) is 4. The van der Waals surface area contributed by atoms with Crippen LogP contribution in [0.4, 0.5) is 16.2 Å². The first-order valence-corrected chi connectivity index (χ1v) is 10.7. The highest BCUT2D eigenvalue weighted by Gasteiger charge is 2.55. The second kappa shape index (κ2) is 8.26. The molecule has 0 bridgehead atoms. The zero-order valence-corrected chi connectivity index (χ0v) is 17.8. The molecule has 3 heterocycles. The van der Waals surface area contributed by atoms with Gasteiger partial charge in [0.25, 0.3) is 5.91 Å². The predicted molar refractivity (Wildman–Crippen MR) is 122 cm³/mol. The number of halogens is 1. The number of likely N-dealkylation sites (tertiary alicyclic amines) is 1. The standard InChI is InChI=1S/C24H21ClN4O3/c25-15-8-10-16(11-9-15)27-24(32)28-13-20-22(17-5-1-2-7-19(17)28)21(14-30)29(20)23(31)18-6-3-4-12-26-18/h1-12,20-22,30H,13-14H2,(H,27,32)/t20-,21-,22+/m0/s1. The quantitative estimate of drug-likeness (QED) is 0.639. The van der Waals surface area contributed by atoms with Crippen LogP contribution in [0.25, 0.3) is 0 Å². The SMILES string of the molecule is O=C(Nc1ccc(Cl)cc1)N1C[C@H]2[C@@H](c3ccccc31)[C@H](CO)N2C(=O)c1ccccn1. The molecule has 8 heteroatoms. The number of anilines is 2. The maximum Gasteiger partial charge on any atom is 0.326 e. The van der Waals surface area contributed by atoms with E-state index < -0.39 is 0 Å². The molecule has 2 aliphatic heterocycles. The Morgan fingerprint density at radius 1 is 1.06 bits per heavy atom. The second-order valence-corrected chi connectivity index (χ2v) is 8.31. The first kappa shape index (κ1) is 20.5. The summed E-state index contributed by atoms with van der Waals surface area (Å²) in [6.07, 6.45) is 1.57. The van der Waals surface area contributed by atoms with Gasteiger partial charge in [0.1, 0.15) is 5.69 Å². The molecule has 0 radical (unpaired) electrons. The summed E-state index contributed by atoms with van der Waals surface area (Å²) in [6.45, 7) is 0.154. The molecule has 5 rings (SSSR count). The van der Waals surface area contributed by atoms with Crippen molar-refractivity contribution >= 4 is 34.9 Å². The highest BCUT2D eigenvalue weighted by Crippen LogP contribution is 2.48.